The van der Waals surface area contributed by atoms with E-state index < -0.39 is 0 Å². The van der Waals surface area contributed by atoms with Crippen LogP contribution in [0.2, 0.25) is 0 Å². The fraction of sp³-hybridized carbons (Fsp3) is 0.333. The number of hydrogen-bond acceptors (Lipinski definition) is 4. The summed E-state index contributed by atoms with van der Waals surface area (Å²) in [7, 11) is 1.62. The van der Waals surface area contributed by atoms with E-state index in [2.05, 4.69) is 10.6 Å². The van der Waals surface area contributed by atoms with Crippen molar-refractivity contribution >= 4 is 29.3 Å². The average molecular weight is 385 g/mol. The summed E-state index contributed by atoms with van der Waals surface area (Å²) in [5, 5.41) is 5.93. The van der Waals surface area contributed by atoms with Gasteiger partial charge in [-0.3, -0.25) is 9.59 Å². The van der Waals surface area contributed by atoms with Crippen molar-refractivity contribution in [1.29, 1.82) is 0 Å². The molecule has 5 nitrogen and oxygen atoms in total. The lowest BCUT2D eigenvalue weighted by Crippen LogP contribution is -2.33. The maximum Gasteiger partial charge on any atom is 0.253 e. The minimum Gasteiger partial charge on any atom is -0.497 e. The lowest BCUT2D eigenvalue weighted by molar-refractivity contribution is -0.113. The fourth-order valence-corrected chi connectivity index (χ4v) is 3.83. The number of amides is 2. The standard InChI is InChI=1S/C21H24N2O3S/c1-26-16-10-12-17(13-11-16)27-14-20(24)23-19-9-5-4-8-18(19)21(25)22-15-6-2-3-7-15/h4-5,8-13,15H,2-3,6-7,14H2,1H3,(H,22,25)(H,23,24). The Kier molecular flexibility index (Phi) is 6.76. The average Bonchev–Trinajstić information content (AvgIpc) is 3.20. The van der Waals surface area contributed by atoms with Gasteiger partial charge in [-0.15, -0.1) is 11.8 Å². The lowest BCUT2D eigenvalue weighted by atomic mass is 10.1. The number of methoxy groups -OCH3 is 1. The molecule has 1 saturated carbocycles. The van der Waals surface area contributed by atoms with Crippen LogP contribution in [0.3, 0.4) is 0 Å². The minimum absolute atomic E-state index is 0.124. The number of rotatable bonds is 7. The zero-order valence-electron chi connectivity index (χ0n) is 15.4. The van der Waals surface area contributed by atoms with Gasteiger partial charge in [0.1, 0.15) is 5.75 Å². The van der Waals surface area contributed by atoms with E-state index in [-0.39, 0.29) is 23.6 Å². The summed E-state index contributed by atoms with van der Waals surface area (Å²) < 4.78 is 5.13. The van der Waals surface area contributed by atoms with Crippen LogP contribution < -0.4 is 15.4 Å². The van der Waals surface area contributed by atoms with Crippen LogP contribution in [0.25, 0.3) is 0 Å². The summed E-state index contributed by atoms with van der Waals surface area (Å²) in [6.07, 6.45) is 4.37. The molecule has 1 aliphatic rings. The molecule has 2 aromatic rings. The minimum atomic E-state index is -0.142. The van der Waals surface area contributed by atoms with Crippen molar-refractivity contribution in [3.05, 3.63) is 54.1 Å². The molecular formula is C21H24N2O3S. The van der Waals surface area contributed by atoms with E-state index in [1.165, 1.54) is 11.8 Å². The molecule has 3 rings (SSSR count). The number of carbonyl (C=O) groups excluding carboxylic acids is 2. The Labute approximate surface area is 163 Å². The number of anilines is 1. The number of para-hydroxylation sites is 1. The van der Waals surface area contributed by atoms with Gasteiger partial charge in [0.25, 0.3) is 5.91 Å². The summed E-state index contributed by atoms with van der Waals surface area (Å²) in [5.74, 6) is 0.786. The van der Waals surface area contributed by atoms with Gasteiger partial charge in [0, 0.05) is 10.9 Å². The van der Waals surface area contributed by atoms with Crippen LogP contribution in [0.15, 0.2) is 53.4 Å². The van der Waals surface area contributed by atoms with Crippen LogP contribution in [-0.4, -0.2) is 30.7 Å². The molecule has 0 spiro atoms. The Bertz CT molecular complexity index is 786. The second kappa shape index (κ2) is 9.46. The molecule has 0 radical (unpaired) electrons. The maximum absolute atomic E-state index is 12.6. The van der Waals surface area contributed by atoms with E-state index >= 15 is 0 Å². The molecule has 1 aliphatic carbocycles. The first kappa shape index (κ1) is 19.3. The number of nitrogens with one attached hydrogen (secondary N) is 2. The molecule has 2 N–H and O–H groups in total. The Morgan fingerprint density at radius 2 is 1.78 bits per heavy atom. The Hall–Kier alpha value is -2.47. The Morgan fingerprint density at radius 3 is 2.48 bits per heavy atom. The molecule has 0 bridgehead atoms. The zero-order chi connectivity index (χ0) is 19.1. The first-order valence-corrected chi connectivity index (χ1v) is 10.1. The molecule has 0 aliphatic heterocycles. The van der Waals surface area contributed by atoms with E-state index in [0.717, 1.165) is 36.3 Å². The smallest absolute Gasteiger partial charge is 0.253 e. The first-order valence-electron chi connectivity index (χ1n) is 9.12. The third-order valence-electron chi connectivity index (χ3n) is 4.57. The third-order valence-corrected chi connectivity index (χ3v) is 5.58. The molecule has 0 unspecified atom stereocenters. The highest BCUT2D eigenvalue weighted by atomic mass is 32.2. The molecule has 27 heavy (non-hydrogen) atoms. The topological polar surface area (TPSA) is 67.4 Å². The van der Waals surface area contributed by atoms with Crippen molar-refractivity contribution in [2.75, 3.05) is 18.2 Å². The van der Waals surface area contributed by atoms with Crippen molar-refractivity contribution in [3.63, 3.8) is 0 Å². The van der Waals surface area contributed by atoms with E-state index in [9.17, 15) is 9.59 Å². The van der Waals surface area contributed by atoms with Crippen LogP contribution in [0.1, 0.15) is 36.0 Å². The molecule has 1 fully saturated rings. The van der Waals surface area contributed by atoms with Crippen molar-refractivity contribution in [2.45, 2.75) is 36.6 Å². The predicted octanol–water partition coefficient (Wildman–Crippen LogP) is 4.10. The molecule has 0 heterocycles. The SMILES string of the molecule is COc1ccc(SCC(=O)Nc2ccccc2C(=O)NC2CCCC2)cc1. The van der Waals surface area contributed by atoms with E-state index in [1.54, 1.807) is 19.2 Å². The number of carbonyl (C=O) groups is 2. The molecule has 0 aromatic heterocycles. The molecule has 142 valence electrons. The van der Waals surface area contributed by atoms with Crippen LogP contribution in [0.4, 0.5) is 5.69 Å². The van der Waals surface area contributed by atoms with E-state index in [4.69, 9.17) is 4.74 Å². The lowest BCUT2D eigenvalue weighted by Gasteiger charge is -2.15. The molecule has 2 aromatic carbocycles. The van der Waals surface area contributed by atoms with Gasteiger partial charge in [-0.05, 0) is 49.2 Å². The summed E-state index contributed by atoms with van der Waals surface area (Å²) in [6, 6.07) is 14.9. The van der Waals surface area contributed by atoms with Crippen molar-refractivity contribution in [2.24, 2.45) is 0 Å². The summed E-state index contributed by atoms with van der Waals surface area (Å²) >= 11 is 1.44. The molecular weight excluding hydrogens is 360 g/mol. The number of hydrogen-bond donors (Lipinski definition) is 2. The second-order valence-electron chi connectivity index (χ2n) is 6.51. The highest BCUT2D eigenvalue weighted by Gasteiger charge is 2.20. The molecule has 0 atom stereocenters. The van der Waals surface area contributed by atoms with Gasteiger partial charge < -0.3 is 15.4 Å². The fourth-order valence-electron chi connectivity index (χ4n) is 3.13. The van der Waals surface area contributed by atoms with Crippen LogP contribution in [0, 0.1) is 0 Å². The Morgan fingerprint density at radius 1 is 1.07 bits per heavy atom. The van der Waals surface area contributed by atoms with Crippen LogP contribution in [-0.2, 0) is 4.79 Å². The van der Waals surface area contributed by atoms with Gasteiger partial charge in [-0.25, -0.2) is 0 Å². The largest absolute Gasteiger partial charge is 0.497 e. The second-order valence-corrected chi connectivity index (χ2v) is 7.56. The highest BCUT2D eigenvalue weighted by Crippen LogP contribution is 2.23. The van der Waals surface area contributed by atoms with Gasteiger partial charge in [-0.2, -0.15) is 0 Å². The van der Waals surface area contributed by atoms with Gasteiger partial charge in [0.05, 0.1) is 24.1 Å². The highest BCUT2D eigenvalue weighted by molar-refractivity contribution is 8.00. The van der Waals surface area contributed by atoms with E-state index in [0.29, 0.717) is 11.3 Å². The van der Waals surface area contributed by atoms with Crippen LogP contribution >= 0.6 is 11.8 Å². The van der Waals surface area contributed by atoms with Crippen LogP contribution in [0.5, 0.6) is 5.75 Å². The summed E-state index contributed by atoms with van der Waals surface area (Å²) in [5.41, 5.74) is 1.06. The maximum atomic E-state index is 12.6. The quantitative estimate of drug-likeness (QED) is 0.706. The number of thioether (sulfide) groups is 1. The zero-order valence-corrected chi connectivity index (χ0v) is 16.2. The predicted molar refractivity (Wildman–Crippen MR) is 109 cm³/mol. The monoisotopic (exact) mass is 384 g/mol. The van der Waals surface area contributed by atoms with Gasteiger partial charge in [0.15, 0.2) is 0 Å². The van der Waals surface area contributed by atoms with Crippen molar-refractivity contribution in [1.82, 2.24) is 5.32 Å². The van der Waals surface area contributed by atoms with Gasteiger partial charge in [-0.1, -0.05) is 25.0 Å². The Balaban J connectivity index is 1.57. The van der Waals surface area contributed by atoms with Crippen molar-refractivity contribution in [3.8, 4) is 5.75 Å². The molecule has 0 saturated heterocycles. The van der Waals surface area contributed by atoms with Gasteiger partial charge >= 0.3 is 0 Å². The molecule has 2 amide bonds. The third kappa shape index (κ3) is 5.50. The summed E-state index contributed by atoms with van der Waals surface area (Å²) in [4.78, 5) is 25.9. The molecule has 6 heteroatoms. The number of ether oxygens (including phenoxy) is 1. The van der Waals surface area contributed by atoms with E-state index in [1.807, 2.05) is 36.4 Å². The first-order chi connectivity index (χ1) is 13.2. The summed E-state index contributed by atoms with van der Waals surface area (Å²) in [6.45, 7) is 0. The number of benzene rings is 2. The normalized spacial score (nSPS) is 14.0. The van der Waals surface area contributed by atoms with Gasteiger partial charge in [0.2, 0.25) is 5.91 Å². The van der Waals surface area contributed by atoms with Crippen molar-refractivity contribution < 1.29 is 14.3 Å².